The van der Waals surface area contributed by atoms with Gasteiger partial charge in [0.2, 0.25) is 5.91 Å². The topological polar surface area (TPSA) is 78.5 Å². The zero-order valence-electron chi connectivity index (χ0n) is 9.79. The molecule has 1 aliphatic heterocycles. The van der Waals surface area contributed by atoms with Gasteiger partial charge in [0, 0.05) is 6.54 Å². The first-order valence-corrected chi connectivity index (χ1v) is 5.35. The van der Waals surface area contributed by atoms with Crippen LogP contribution in [-0.4, -0.2) is 41.4 Å². The van der Waals surface area contributed by atoms with E-state index in [2.05, 4.69) is 10.6 Å². The third kappa shape index (κ3) is 2.15. The number of nitrogens with zero attached hydrogens (tertiary/aromatic N) is 1. The van der Waals surface area contributed by atoms with Crippen molar-refractivity contribution in [3.8, 4) is 0 Å². The third-order valence-electron chi connectivity index (χ3n) is 2.73. The van der Waals surface area contributed by atoms with Crippen LogP contribution in [0.2, 0.25) is 0 Å². The molecule has 1 aliphatic rings. The molecule has 1 fully saturated rings. The average Bonchev–Trinajstić information content (AvgIpc) is 2.43. The highest BCUT2D eigenvalue weighted by atomic mass is 16.2. The van der Waals surface area contributed by atoms with Crippen LogP contribution in [0.15, 0.2) is 0 Å². The minimum Gasteiger partial charge on any atom is -0.355 e. The van der Waals surface area contributed by atoms with E-state index in [0.29, 0.717) is 13.0 Å². The van der Waals surface area contributed by atoms with Crippen molar-refractivity contribution in [2.45, 2.75) is 32.7 Å². The Kier molecular flexibility index (Phi) is 3.51. The number of nitrogens with one attached hydrogen (secondary N) is 2. The molecule has 6 nitrogen and oxygen atoms in total. The first kappa shape index (κ1) is 12.5. The maximum absolute atomic E-state index is 11.9. The molecule has 0 aliphatic carbocycles. The van der Waals surface area contributed by atoms with Gasteiger partial charge in [-0.25, -0.2) is 4.79 Å². The fourth-order valence-corrected chi connectivity index (χ4v) is 1.53. The zero-order valence-corrected chi connectivity index (χ0v) is 9.79. The molecule has 0 spiro atoms. The Labute approximate surface area is 94.4 Å². The number of urea groups is 1. The summed E-state index contributed by atoms with van der Waals surface area (Å²) in [7, 11) is 0. The van der Waals surface area contributed by atoms with E-state index >= 15 is 0 Å². The number of rotatable bonds is 4. The molecule has 0 bridgehead atoms. The van der Waals surface area contributed by atoms with Gasteiger partial charge in [0.05, 0.1) is 0 Å². The second kappa shape index (κ2) is 4.51. The molecular weight excluding hydrogens is 210 g/mol. The second-order valence-corrected chi connectivity index (χ2v) is 3.96. The van der Waals surface area contributed by atoms with E-state index in [1.165, 1.54) is 0 Å². The summed E-state index contributed by atoms with van der Waals surface area (Å²) in [6, 6.07) is -0.499. The molecule has 0 unspecified atom stereocenters. The van der Waals surface area contributed by atoms with Crippen molar-refractivity contribution < 1.29 is 14.4 Å². The van der Waals surface area contributed by atoms with Crippen LogP contribution in [0.5, 0.6) is 0 Å². The molecular formula is C10H17N3O3. The van der Waals surface area contributed by atoms with E-state index in [1.54, 1.807) is 13.8 Å². The Morgan fingerprint density at radius 3 is 2.50 bits per heavy atom. The predicted molar refractivity (Wildman–Crippen MR) is 57.6 cm³/mol. The van der Waals surface area contributed by atoms with Gasteiger partial charge in [0.1, 0.15) is 12.1 Å². The van der Waals surface area contributed by atoms with Gasteiger partial charge in [-0.1, -0.05) is 6.92 Å². The molecule has 16 heavy (non-hydrogen) atoms. The van der Waals surface area contributed by atoms with Crippen molar-refractivity contribution in [2.75, 3.05) is 13.1 Å². The first-order chi connectivity index (χ1) is 7.44. The number of amides is 4. The number of carbonyl (C=O) groups is 3. The Morgan fingerprint density at radius 2 is 2.06 bits per heavy atom. The first-order valence-electron chi connectivity index (χ1n) is 5.35. The summed E-state index contributed by atoms with van der Waals surface area (Å²) in [5.41, 5.74) is -0.871. The van der Waals surface area contributed by atoms with Gasteiger partial charge in [-0.2, -0.15) is 0 Å². The van der Waals surface area contributed by atoms with Crippen LogP contribution in [0.4, 0.5) is 4.79 Å². The predicted octanol–water partition coefficient (Wildman–Crippen LogP) is -0.157. The highest BCUT2D eigenvalue weighted by Gasteiger charge is 2.46. The summed E-state index contributed by atoms with van der Waals surface area (Å²) in [4.78, 5) is 35.6. The fourth-order valence-electron chi connectivity index (χ4n) is 1.53. The number of imide groups is 1. The number of carbonyl (C=O) groups excluding carboxylic acids is 3. The highest BCUT2D eigenvalue weighted by Crippen LogP contribution is 2.20. The lowest BCUT2D eigenvalue weighted by molar-refractivity contribution is -0.134. The van der Waals surface area contributed by atoms with Crippen LogP contribution in [0.25, 0.3) is 0 Å². The number of hydrogen-bond donors (Lipinski definition) is 2. The Hall–Kier alpha value is -1.59. The van der Waals surface area contributed by atoms with Crippen LogP contribution in [0.1, 0.15) is 27.2 Å². The van der Waals surface area contributed by atoms with Crippen LogP contribution in [0.3, 0.4) is 0 Å². The summed E-state index contributed by atoms with van der Waals surface area (Å²) in [6.07, 6.45) is 0.503. The largest absolute Gasteiger partial charge is 0.355 e. The van der Waals surface area contributed by atoms with Gasteiger partial charge >= 0.3 is 6.03 Å². The van der Waals surface area contributed by atoms with Gasteiger partial charge in [-0.15, -0.1) is 0 Å². The SMILES string of the molecule is CCNC(=O)CN1C(=O)N[C@@](C)(CC)C1=O. The second-order valence-electron chi connectivity index (χ2n) is 3.96. The third-order valence-corrected chi connectivity index (χ3v) is 2.73. The van der Waals surface area contributed by atoms with Crippen LogP contribution in [0, 0.1) is 0 Å². The van der Waals surface area contributed by atoms with Crippen molar-refractivity contribution in [3.05, 3.63) is 0 Å². The summed E-state index contributed by atoms with van der Waals surface area (Å²) in [6.45, 7) is 5.51. The molecule has 0 saturated carbocycles. The van der Waals surface area contributed by atoms with Crippen molar-refractivity contribution in [1.29, 1.82) is 0 Å². The van der Waals surface area contributed by atoms with E-state index in [-0.39, 0.29) is 18.4 Å². The molecule has 1 rings (SSSR count). The summed E-state index contributed by atoms with van der Waals surface area (Å²) >= 11 is 0. The fraction of sp³-hybridized carbons (Fsp3) is 0.700. The van der Waals surface area contributed by atoms with E-state index in [4.69, 9.17) is 0 Å². The van der Waals surface area contributed by atoms with E-state index in [1.807, 2.05) is 6.92 Å². The van der Waals surface area contributed by atoms with Crippen molar-refractivity contribution in [3.63, 3.8) is 0 Å². The van der Waals surface area contributed by atoms with Gasteiger partial charge in [-0.05, 0) is 20.3 Å². The molecule has 2 N–H and O–H groups in total. The Balaban J connectivity index is 2.72. The normalized spacial score (nSPS) is 24.6. The van der Waals surface area contributed by atoms with Gasteiger partial charge in [0.15, 0.2) is 0 Å². The monoisotopic (exact) mass is 227 g/mol. The van der Waals surface area contributed by atoms with Crippen molar-refractivity contribution in [2.24, 2.45) is 0 Å². The molecule has 1 heterocycles. The number of hydrogen-bond acceptors (Lipinski definition) is 3. The van der Waals surface area contributed by atoms with E-state index in [9.17, 15) is 14.4 Å². The lowest BCUT2D eigenvalue weighted by Gasteiger charge is -2.18. The molecule has 1 atom stereocenters. The maximum Gasteiger partial charge on any atom is 0.325 e. The number of likely N-dealkylation sites (N-methyl/N-ethyl adjacent to an activating group) is 1. The molecule has 1 saturated heterocycles. The van der Waals surface area contributed by atoms with Gasteiger partial charge in [-0.3, -0.25) is 14.5 Å². The standard InChI is InChI=1S/C10H17N3O3/c1-4-10(3)8(15)13(9(16)12-10)6-7(14)11-5-2/h4-6H2,1-3H3,(H,11,14)(H,12,16)/t10-/m0/s1. The molecule has 4 amide bonds. The summed E-state index contributed by atoms with van der Waals surface area (Å²) in [5, 5.41) is 5.13. The van der Waals surface area contributed by atoms with Crippen LogP contribution < -0.4 is 10.6 Å². The minimum absolute atomic E-state index is 0.214. The van der Waals surface area contributed by atoms with Crippen LogP contribution in [-0.2, 0) is 9.59 Å². The molecule has 0 aromatic rings. The molecule has 0 aromatic heterocycles. The van der Waals surface area contributed by atoms with E-state index in [0.717, 1.165) is 4.90 Å². The van der Waals surface area contributed by atoms with Gasteiger partial charge < -0.3 is 10.6 Å². The Morgan fingerprint density at radius 1 is 1.44 bits per heavy atom. The van der Waals surface area contributed by atoms with E-state index < -0.39 is 11.6 Å². The highest BCUT2D eigenvalue weighted by molar-refractivity contribution is 6.08. The molecule has 90 valence electrons. The molecule has 0 radical (unpaired) electrons. The average molecular weight is 227 g/mol. The smallest absolute Gasteiger partial charge is 0.325 e. The quantitative estimate of drug-likeness (QED) is 0.655. The minimum atomic E-state index is -0.871. The van der Waals surface area contributed by atoms with Crippen LogP contribution >= 0.6 is 0 Å². The maximum atomic E-state index is 11.9. The zero-order chi connectivity index (χ0) is 12.3. The lowest BCUT2D eigenvalue weighted by atomic mass is 9.99. The van der Waals surface area contributed by atoms with Crippen molar-refractivity contribution in [1.82, 2.24) is 15.5 Å². The Bertz CT molecular complexity index is 329. The molecule has 0 aromatic carbocycles. The molecule has 6 heteroatoms. The summed E-state index contributed by atoms with van der Waals surface area (Å²) in [5.74, 6) is -0.669. The van der Waals surface area contributed by atoms with Gasteiger partial charge in [0.25, 0.3) is 5.91 Å². The summed E-state index contributed by atoms with van der Waals surface area (Å²) < 4.78 is 0. The lowest BCUT2D eigenvalue weighted by Crippen LogP contribution is -2.44. The van der Waals surface area contributed by atoms with Crippen molar-refractivity contribution >= 4 is 17.8 Å².